The number of halogens is 2. The minimum atomic E-state index is -0.654. The van der Waals surface area contributed by atoms with Crippen LogP contribution in [-0.2, 0) is 0 Å². The van der Waals surface area contributed by atoms with Crippen LogP contribution in [0.15, 0.2) is 60.0 Å². The summed E-state index contributed by atoms with van der Waals surface area (Å²) in [6, 6.07) is 9.96. The lowest BCUT2D eigenvalue weighted by Gasteiger charge is -2.03. The molecule has 1 aromatic heterocycles. The van der Waals surface area contributed by atoms with Crippen molar-refractivity contribution in [3.63, 3.8) is 0 Å². The first-order chi connectivity index (χ1) is 11.0. The van der Waals surface area contributed by atoms with Gasteiger partial charge in [-0.3, -0.25) is 4.79 Å². The number of phenols is 1. The maximum absolute atomic E-state index is 12.3. The van der Waals surface area contributed by atoms with E-state index >= 15 is 0 Å². The monoisotopic (exact) mass is 437 g/mol. The second-order valence-corrected chi connectivity index (χ2v) is 6.43. The van der Waals surface area contributed by atoms with E-state index in [1.807, 2.05) is 0 Å². The number of hydrogen-bond acceptors (Lipinski definition) is 4. The normalized spacial score (nSPS) is 11.4. The summed E-state index contributed by atoms with van der Waals surface area (Å²) in [6.45, 7) is 0. The van der Waals surface area contributed by atoms with Crippen molar-refractivity contribution in [2.45, 2.75) is 0 Å². The first-order valence-corrected chi connectivity index (χ1v) is 8.02. The fourth-order valence-corrected chi connectivity index (χ4v) is 3.32. The number of fused-ring (bicyclic) bond motifs is 1. The zero-order chi connectivity index (χ0) is 16.6. The van der Waals surface area contributed by atoms with Crippen molar-refractivity contribution >= 4 is 49.0 Å². The Bertz CT molecular complexity index is 1050. The number of para-hydroxylation sites is 1. The van der Waals surface area contributed by atoms with E-state index in [1.165, 1.54) is 6.21 Å². The van der Waals surface area contributed by atoms with Crippen LogP contribution in [-0.4, -0.2) is 21.0 Å². The summed E-state index contributed by atoms with van der Waals surface area (Å²) >= 11 is 6.50. The van der Waals surface area contributed by atoms with Crippen LogP contribution in [0, 0.1) is 0 Å². The largest absolute Gasteiger partial charge is 0.506 e. The SMILES string of the molecule is O=c1[nH]c2ccccc2c(=O)n1N=Cc1cc(Br)cc(Br)c1O. The Labute approximate surface area is 146 Å². The van der Waals surface area contributed by atoms with Gasteiger partial charge in [-0.1, -0.05) is 28.1 Å². The molecule has 0 bridgehead atoms. The van der Waals surface area contributed by atoms with E-state index in [4.69, 9.17) is 0 Å². The molecule has 8 heteroatoms. The first kappa shape index (κ1) is 15.7. The molecule has 3 rings (SSSR count). The minimum absolute atomic E-state index is 0.0396. The number of phenolic OH excluding ortho intramolecular Hbond substituents is 1. The molecule has 116 valence electrons. The van der Waals surface area contributed by atoms with Crippen molar-refractivity contribution in [1.82, 2.24) is 9.66 Å². The van der Waals surface area contributed by atoms with Gasteiger partial charge in [-0.2, -0.15) is 5.10 Å². The molecule has 0 fully saturated rings. The van der Waals surface area contributed by atoms with E-state index in [0.29, 0.717) is 25.4 Å². The van der Waals surface area contributed by atoms with Gasteiger partial charge in [-0.05, 0) is 40.2 Å². The molecule has 0 aliphatic carbocycles. The fourth-order valence-electron chi connectivity index (χ4n) is 2.06. The number of H-pyrrole nitrogens is 1. The van der Waals surface area contributed by atoms with Gasteiger partial charge < -0.3 is 10.1 Å². The van der Waals surface area contributed by atoms with Crippen LogP contribution in [0.4, 0.5) is 0 Å². The molecule has 1 heterocycles. The van der Waals surface area contributed by atoms with E-state index in [2.05, 4.69) is 41.9 Å². The van der Waals surface area contributed by atoms with Gasteiger partial charge in [-0.15, -0.1) is 4.68 Å². The van der Waals surface area contributed by atoms with Crippen molar-refractivity contribution in [3.05, 3.63) is 71.7 Å². The Hall–Kier alpha value is -2.19. The van der Waals surface area contributed by atoms with Crippen LogP contribution in [0.2, 0.25) is 0 Å². The third-order valence-electron chi connectivity index (χ3n) is 3.15. The van der Waals surface area contributed by atoms with Gasteiger partial charge in [0.15, 0.2) is 0 Å². The summed E-state index contributed by atoms with van der Waals surface area (Å²) in [6.07, 6.45) is 1.25. The highest BCUT2D eigenvalue weighted by molar-refractivity contribution is 9.11. The Morgan fingerprint density at radius 2 is 1.91 bits per heavy atom. The molecular formula is C15H9Br2N3O3. The molecule has 2 N–H and O–H groups in total. The lowest BCUT2D eigenvalue weighted by atomic mass is 10.2. The van der Waals surface area contributed by atoms with Crippen LogP contribution < -0.4 is 11.2 Å². The average molecular weight is 439 g/mol. The van der Waals surface area contributed by atoms with Crippen molar-refractivity contribution in [2.75, 3.05) is 0 Å². The van der Waals surface area contributed by atoms with Gasteiger partial charge in [0.1, 0.15) is 5.75 Å². The van der Waals surface area contributed by atoms with Gasteiger partial charge in [0.05, 0.1) is 21.6 Å². The predicted octanol–water partition coefficient (Wildman–Crippen LogP) is 2.80. The fraction of sp³-hybridized carbons (Fsp3) is 0. The van der Waals surface area contributed by atoms with Gasteiger partial charge in [0.25, 0.3) is 5.56 Å². The molecule has 2 aromatic carbocycles. The molecule has 0 saturated heterocycles. The molecule has 0 atom stereocenters. The third-order valence-corrected chi connectivity index (χ3v) is 4.22. The maximum atomic E-state index is 12.3. The van der Waals surface area contributed by atoms with Crippen LogP contribution >= 0.6 is 31.9 Å². The molecule has 6 nitrogen and oxygen atoms in total. The number of aromatic hydroxyl groups is 1. The van der Waals surface area contributed by atoms with Crippen molar-refractivity contribution in [3.8, 4) is 5.75 Å². The highest BCUT2D eigenvalue weighted by Crippen LogP contribution is 2.30. The van der Waals surface area contributed by atoms with E-state index < -0.39 is 11.2 Å². The number of aromatic nitrogens is 2. The summed E-state index contributed by atoms with van der Waals surface area (Å²) in [5.41, 5.74) is -0.389. The van der Waals surface area contributed by atoms with Crippen molar-refractivity contribution in [2.24, 2.45) is 5.10 Å². The summed E-state index contributed by atoms with van der Waals surface area (Å²) in [5.74, 6) is -0.0396. The van der Waals surface area contributed by atoms with Crippen molar-refractivity contribution in [1.29, 1.82) is 0 Å². The molecule has 0 unspecified atom stereocenters. The Balaban J connectivity index is 2.16. The van der Waals surface area contributed by atoms with Crippen LogP contribution in [0.3, 0.4) is 0 Å². The smallest absolute Gasteiger partial charge is 0.349 e. The zero-order valence-electron chi connectivity index (χ0n) is 11.5. The number of hydrogen-bond donors (Lipinski definition) is 2. The average Bonchev–Trinajstić information content (AvgIpc) is 2.51. The molecular weight excluding hydrogens is 430 g/mol. The lowest BCUT2D eigenvalue weighted by Crippen LogP contribution is -2.32. The molecule has 0 saturated carbocycles. The van der Waals surface area contributed by atoms with E-state index in [1.54, 1.807) is 36.4 Å². The molecule has 0 aliphatic heterocycles. The number of aromatic amines is 1. The predicted molar refractivity (Wildman–Crippen MR) is 95.3 cm³/mol. The highest BCUT2D eigenvalue weighted by atomic mass is 79.9. The number of rotatable bonds is 2. The van der Waals surface area contributed by atoms with E-state index in [0.717, 1.165) is 4.68 Å². The van der Waals surface area contributed by atoms with Crippen LogP contribution in [0.1, 0.15) is 5.56 Å². The second kappa shape index (κ2) is 6.13. The summed E-state index contributed by atoms with van der Waals surface area (Å²) in [5, 5.41) is 14.2. The molecule has 0 spiro atoms. The second-order valence-electron chi connectivity index (χ2n) is 4.66. The quantitative estimate of drug-likeness (QED) is 0.603. The Morgan fingerprint density at radius 1 is 1.17 bits per heavy atom. The van der Waals surface area contributed by atoms with Gasteiger partial charge in [0, 0.05) is 10.0 Å². The number of benzene rings is 2. The van der Waals surface area contributed by atoms with Gasteiger partial charge >= 0.3 is 5.69 Å². The lowest BCUT2D eigenvalue weighted by molar-refractivity contribution is 0.471. The molecule has 0 aliphatic rings. The zero-order valence-corrected chi connectivity index (χ0v) is 14.6. The molecule has 23 heavy (non-hydrogen) atoms. The Kier molecular flexibility index (Phi) is 4.18. The maximum Gasteiger partial charge on any atom is 0.349 e. The number of nitrogens with one attached hydrogen (secondary N) is 1. The highest BCUT2D eigenvalue weighted by Gasteiger charge is 2.08. The first-order valence-electron chi connectivity index (χ1n) is 6.44. The number of nitrogens with zero attached hydrogens (tertiary/aromatic N) is 2. The summed E-state index contributed by atoms with van der Waals surface area (Å²) < 4.78 is 1.90. The summed E-state index contributed by atoms with van der Waals surface area (Å²) in [7, 11) is 0. The van der Waals surface area contributed by atoms with E-state index in [-0.39, 0.29) is 5.75 Å². The van der Waals surface area contributed by atoms with E-state index in [9.17, 15) is 14.7 Å². The third kappa shape index (κ3) is 2.99. The molecule has 0 radical (unpaired) electrons. The minimum Gasteiger partial charge on any atom is -0.506 e. The molecule has 3 aromatic rings. The van der Waals surface area contributed by atoms with Crippen LogP contribution in [0.25, 0.3) is 10.9 Å². The topological polar surface area (TPSA) is 87.5 Å². The van der Waals surface area contributed by atoms with Gasteiger partial charge in [0.2, 0.25) is 0 Å². The standard InChI is InChI=1S/C15H9Br2N3O3/c16-9-5-8(13(21)11(17)6-9)7-18-20-14(22)10-3-1-2-4-12(10)19-15(20)23/h1-7,21H,(H,19,23). The molecule has 0 amide bonds. The summed E-state index contributed by atoms with van der Waals surface area (Å²) in [4.78, 5) is 26.9. The Morgan fingerprint density at radius 3 is 2.70 bits per heavy atom. The van der Waals surface area contributed by atoms with Crippen molar-refractivity contribution < 1.29 is 5.11 Å². The van der Waals surface area contributed by atoms with Gasteiger partial charge in [-0.25, -0.2) is 4.79 Å². The van der Waals surface area contributed by atoms with Crippen LogP contribution in [0.5, 0.6) is 5.75 Å².